The summed E-state index contributed by atoms with van der Waals surface area (Å²) in [4.78, 5) is 4.60. The minimum absolute atomic E-state index is 0.221. The molecule has 19 heavy (non-hydrogen) atoms. The SMILES string of the molecule is Cn1c(CC(N)c2ccoc2Cl)nc2ccccc21. The lowest BCUT2D eigenvalue weighted by molar-refractivity contribution is 0.558. The van der Waals surface area contributed by atoms with Crippen LogP contribution in [-0.4, -0.2) is 9.55 Å². The first kappa shape index (κ1) is 12.3. The van der Waals surface area contributed by atoms with Crippen LogP contribution in [0.15, 0.2) is 41.0 Å². The molecule has 4 nitrogen and oxygen atoms in total. The molecule has 5 heteroatoms. The van der Waals surface area contributed by atoms with Crippen molar-refractivity contribution >= 4 is 22.6 Å². The van der Waals surface area contributed by atoms with Gasteiger partial charge in [-0.25, -0.2) is 4.98 Å². The molecule has 0 fully saturated rings. The first-order chi connectivity index (χ1) is 9.16. The van der Waals surface area contributed by atoms with Gasteiger partial charge in [-0.3, -0.25) is 0 Å². The van der Waals surface area contributed by atoms with Crippen LogP contribution < -0.4 is 5.73 Å². The molecule has 3 aromatic rings. The Balaban J connectivity index is 1.93. The fourth-order valence-corrected chi connectivity index (χ4v) is 2.51. The topological polar surface area (TPSA) is 57.0 Å². The van der Waals surface area contributed by atoms with Gasteiger partial charge in [0.2, 0.25) is 0 Å². The number of halogens is 1. The second kappa shape index (κ2) is 4.72. The molecule has 2 N–H and O–H groups in total. The molecule has 0 radical (unpaired) electrons. The number of benzene rings is 1. The number of nitrogens with zero attached hydrogens (tertiary/aromatic N) is 2. The van der Waals surface area contributed by atoms with E-state index in [1.54, 1.807) is 12.3 Å². The molecule has 0 saturated heterocycles. The zero-order chi connectivity index (χ0) is 13.4. The fraction of sp³-hybridized carbons (Fsp3) is 0.214. The van der Waals surface area contributed by atoms with E-state index in [0.717, 1.165) is 22.4 Å². The molecule has 1 aromatic carbocycles. The second-order valence-corrected chi connectivity index (χ2v) is 4.88. The van der Waals surface area contributed by atoms with Crippen LogP contribution in [-0.2, 0) is 13.5 Å². The summed E-state index contributed by atoms with van der Waals surface area (Å²) in [5.74, 6) is 0.936. The maximum Gasteiger partial charge on any atom is 0.197 e. The monoisotopic (exact) mass is 275 g/mol. The first-order valence-corrected chi connectivity index (χ1v) is 6.43. The van der Waals surface area contributed by atoms with Crippen LogP contribution in [0.1, 0.15) is 17.4 Å². The van der Waals surface area contributed by atoms with Gasteiger partial charge in [0.1, 0.15) is 5.82 Å². The largest absolute Gasteiger partial charge is 0.453 e. The highest BCUT2D eigenvalue weighted by atomic mass is 35.5. The van der Waals surface area contributed by atoms with E-state index in [4.69, 9.17) is 21.8 Å². The van der Waals surface area contributed by atoms with Gasteiger partial charge >= 0.3 is 0 Å². The zero-order valence-corrected chi connectivity index (χ0v) is 11.3. The summed E-state index contributed by atoms with van der Waals surface area (Å²) in [5.41, 5.74) is 9.06. The van der Waals surface area contributed by atoms with Gasteiger partial charge in [-0.2, -0.15) is 0 Å². The van der Waals surface area contributed by atoms with E-state index in [2.05, 4.69) is 9.55 Å². The van der Waals surface area contributed by atoms with Gasteiger partial charge in [0.25, 0.3) is 0 Å². The molecule has 0 spiro atoms. The lowest BCUT2D eigenvalue weighted by Crippen LogP contribution is -2.15. The highest BCUT2D eigenvalue weighted by molar-refractivity contribution is 6.29. The molecule has 1 atom stereocenters. The van der Waals surface area contributed by atoms with Crippen LogP contribution in [0.5, 0.6) is 0 Å². The third kappa shape index (κ3) is 2.13. The number of imidazole rings is 1. The van der Waals surface area contributed by atoms with E-state index < -0.39 is 0 Å². The zero-order valence-electron chi connectivity index (χ0n) is 10.5. The van der Waals surface area contributed by atoms with Crippen molar-refractivity contribution in [2.45, 2.75) is 12.5 Å². The van der Waals surface area contributed by atoms with Crippen LogP contribution in [0.2, 0.25) is 5.22 Å². The predicted molar refractivity (Wildman–Crippen MR) is 75.1 cm³/mol. The molecule has 0 saturated carbocycles. The molecule has 2 aromatic heterocycles. The van der Waals surface area contributed by atoms with E-state index in [1.165, 1.54) is 0 Å². The molecular formula is C14H14ClN3O. The van der Waals surface area contributed by atoms with Gasteiger partial charge in [-0.05, 0) is 29.8 Å². The number of rotatable bonds is 3. The van der Waals surface area contributed by atoms with Crippen molar-refractivity contribution in [1.82, 2.24) is 9.55 Å². The number of hydrogen-bond donors (Lipinski definition) is 1. The average Bonchev–Trinajstić information content (AvgIpc) is 2.95. The smallest absolute Gasteiger partial charge is 0.197 e. The molecule has 0 bridgehead atoms. The second-order valence-electron chi connectivity index (χ2n) is 4.54. The van der Waals surface area contributed by atoms with Gasteiger partial charge in [0, 0.05) is 25.1 Å². The Kier molecular flexibility index (Phi) is 3.05. The maximum atomic E-state index is 6.17. The van der Waals surface area contributed by atoms with Crippen LogP contribution in [0.3, 0.4) is 0 Å². The van der Waals surface area contributed by atoms with Crippen LogP contribution in [0.25, 0.3) is 11.0 Å². The number of aryl methyl sites for hydroxylation is 1. The summed E-state index contributed by atoms with van der Waals surface area (Å²) in [6, 6.07) is 9.60. The standard InChI is InChI=1S/C14H14ClN3O/c1-18-12-5-3-2-4-11(12)17-13(18)8-10(16)9-6-7-19-14(9)15/h2-7,10H,8,16H2,1H3. The quantitative estimate of drug-likeness (QED) is 0.799. The Hall–Kier alpha value is -1.78. The van der Waals surface area contributed by atoms with Crippen molar-refractivity contribution in [2.24, 2.45) is 12.8 Å². The molecule has 2 heterocycles. The molecule has 0 aliphatic carbocycles. The number of aromatic nitrogens is 2. The molecule has 3 rings (SSSR count). The number of para-hydroxylation sites is 2. The van der Waals surface area contributed by atoms with Crippen molar-refractivity contribution in [3.8, 4) is 0 Å². The summed E-state index contributed by atoms with van der Waals surface area (Å²) < 4.78 is 7.13. The Morgan fingerprint density at radius 3 is 2.84 bits per heavy atom. The van der Waals surface area contributed by atoms with Gasteiger partial charge in [-0.1, -0.05) is 12.1 Å². The van der Waals surface area contributed by atoms with Crippen LogP contribution >= 0.6 is 11.6 Å². The normalized spacial score (nSPS) is 13.0. The molecule has 0 aliphatic heterocycles. The number of nitrogens with two attached hydrogens (primary N) is 1. The summed E-state index contributed by atoms with van der Waals surface area (Å²) in [7, 11) is 1.99. The number of hydrogen-bond acceptors (Lipinski definition) is 3. The highest BCUT2D eigenvalue weighted by Gasteiger charge is 2.16. The lowest BCUT2D eigenvalue weighted by atomic mass is 10.1. The maximum absolute atomic E-state index is 6.17. The Morgan fingerprint density at radius 2 is 2.16 bits per heavy atom. The van der Waals surface area contributed by atoms with Gasteiger partial charge in [0.15, 0.2) is 5.22 Å². The van der Waals surface area contributed by atoms with Crippen molar-refractivity contribution in [1.29, 1.82) is 0 Å². The molecule has 0 amide bonds. The summed E-state index contributed by atoms with van der Waals surface area (Å²) in [6.07, 6.45) is 2.16. The van der Waals surface area contributed by atoms with Gasteiger partial charge in [0.05, 0.1) is 17.3 Å². The van der Waals surface area contributed by atoms with Crippen LogP contribution in [0, 0.1) is 0 Å². The summed E-state index contributed by atoms with van der Waals surface area (Å²) >= 11 is 5.95. The van der Waals surface area contributed by atoms with Crippen molar-refractivity contribution < 1.29 is 4.42 Å². The number of fused-ring (bicyclic) bond motifs is 1. The first-order valence-electron chi connectivity index (χ1n) is 6.05. The molecular weight excluding hydrogens is 262 g/mol. The van der Waals surface area contributed by atoms with Crippen molar-refractivity contribution in [2.75, 3.05) is 0 Å². The third-order valence-electron chi connectivity index (χ3n) is 3.33. The highest BCUT2D eigenvalue weighted by Crippen LogP contribution is 2.25. The van der Waals surface area contributed by atoms with E-state index in [1.807, 2.05) is 31.3 Å². The minimum Gasteiger partial charge on any atom is -0.453 e. The number of furan rings is 1. The fourth-order valence-electron chi connectivity index (χ4n) is 2.25. The van der Waals surface area contributed by atoms with E-state index in [9.17, 15) is 0 Å². The predicted octanol–water partition coefficient (Wildman–Crippen LogP) is 3.06. The minimum atomic E-state index is -0.221. The van der Waals surface area contributed by atoms with E-state index >= 15 is 0 Å². The lowest BCUT2D eigenvalue weighted by Gasteiger charge is -2.09. The Bertz CT molecular complexity index is 716. The summed E-state index contributed by atoms with van der Waals surface area (Å²) in [6.45, 7) is 0. The molecule has 98 valence electrons. The third-order valence-corrected chi connectivity index (χ3v) is 3.64. The Labute approximate surface area is 115 Å². The van der Waals surface area contributed by atoms with Crippen LogP contribution in [0.4, 0.5) is 0 Å². The molecule has 1 unspecified atom stereocenters. The van der Waals surface area contributed by atoms with Gasteiger partial charge < -0.3 is 14.7 Å². The average molecular weight is 276 g/mol. The molecule has 0 aliphatic rings. The van der Waals surface area contributed by atoms with E-state index in [-0.39, 0.29) is 6.04 Å². The van der Waals surface area contributed by atoms with E-state index in [0.29, 0.717) is 11.6 Å². The van der Waals surface area contributed by atoms with Crippen molar-refractivity contribution in [3.05, 3.63) is 53.2 Å². The Morgan fingerprint density at radius 1 is 1.37 bits per heavy atom. The van der Waals surface area contributed by atoms with Crippen molar-refractivity contribution in [3.63, 3.8) is 0 Å². The summed E-state index contributed by atoms with van der Waals surface area (Å²) in [5, 5.41) is 0.353. The van der Waals surface area contributed by atoms with Gasteiger partial charge in [-0.15, -0.1) is 0 Å².